The van der Waals surface area contributed by atoms with Gasteiger partial charge in [-0.2, -0.15) is 0 Å². The van der Waals surface area contributed by atoms with Gasteiger partial charge in [0, 0.05) is 31.6 Å². The summed E-state index contributed by atoms with van der Waals surface area (Å²) in [6.07, 6.45) is 1.70. The van der Waals surface area contributed by atoms with Gasteiger partial charge < -0.3 is 10.4 Å². The fraction of sp³-hybridized carbons (Fsp3) is 0.0588. The third-order valence-corrected chi connectivity index (χ3v) is 5.69. The normalized spacial score (nSPS) is 10.6. The minimum atomic E-state index is -0.971. The summed E-state index contributed by atoms with van der Waals surface area (Å²) in [4.78, 5) is 18.2. The molecule has 4 nitrogen and oxygen atoms in total. The first-order valence-electron chi connectivity index (χ1n) is 7.16. The fourth-order valence-corrected chi connectivity index (χ4v) is 4.04. The number of carbonyl (C=O) groups is 1. The van der Waals surface area contributed by atoms with Crippen LogP contribution in [-0.2, 0) is 6.54 Å². The molecule has 25 heavy (non-hydrogen) atoms. The number of thiazole rings is 1. The zero-order chi connectivity index (χ0) is 17.8. The number of hydrogen-bond acceptors (Lipinski definition) is 5. The van der Waals surface area contributed by atoms with Crippen LogP contribution in [-0.4, -0.2) is 16.1 Å². The SMILES string of the molecule is O=C(O)c1cc(NCc2cnc(Cl)s2)ccc1Sc1ccc(Cl)cc1. The third-order valence-electron chi connectivity index (χ3n) is 3.24. The molecule has 0 aliphatic heterocycles. The molecule has 8 heteroatoms. The molecule has 0 spiro atoms. The summed E-state index contributed by atoms with van der Waals surface area (Å²) in [5.41, 5.74) is 0.967. The second kappa shape index (κ2) is 8.10. The lowest BCUT2D eigenvalue weighted by Crippen LogP contribution is -2.03. The summed E-state index contributed by atoms with van der Waals surface area (Å²) in [7, 11) is 0. The highest BCUT2D eigenvalue weighted by Crippen LogP contribution is 2.33. The monoisotopic (exact) mass is 410 g/mol. The van der Waals surface area contributed by atoms with Crippen molar-refractivity contribution in [1.82, 2.24) is 4.98 Å². The van der Waals surface area contributed by atoms with Gasteiger partial charge in [-0.25, -0.2) is 9.78 Å². The minimum Gasteiger partial charge on any atom is -0.478 e. The van der Waals surface area contributed by atoms with Crippen LogP contribution in [0.3, 0.4) is 0 Å². The van der Waals surface area contributed by atoms with Gasteiger partial charge in [0.05, 0.1) is 12.1 Å². The van der Waals surface area contributed by atoms with Crippen molar-refractivity contribution in [3.8, 4) is 0 Å². The number of anilines is 1. The zero-order valence-electron chi connectivity index (χ0n) is 12.7. The molecule has 1 heterocycles. The Labute approximate surface area is 162 Å². The van der Waals surface area contributed by atoms with Gasteiger partial charge in [0.15, 0.2) is 4.47 Å². The molecule has 0 amide bonds. The summed E-state index contributed by atoms with van der Waals surface area (Å²) < 4.78 is 0.484. The number of rotatable bonds is 6. The van der Waals surface area contributed by atoms with Crippen molar-refractivity contribution in [3.05, 3.63) is 68.6 Å². The van der Waals surface area contributed by atoms with Gasteiger partial charge in [-0.1, -0.05) is 35.0 Å². The van der Waals surface area contributed by atoms with Crippen LogP contribution < -0.4 is 5.32 Å². The van der Waals surface area contributed by atoms with Gasteiger partial charge in [-0.3, -0.25) is 0 Å². The fourth-order valence-electron chi connectivity index (χ4n) is 2.08. The Morgan fingerprint density at radius 1 is 1.20 bits per heavy atom. The molecular weight excluding hydrogens is 399 g/mol. The van der Waals surface area contributed by atoms with E-state index >= 15 is 0 Å². The quantitative estimate of drug-likeness (QED) is 0.528. The maximum absolute atomic E-state index is 11.6. The Morgan fingerprint density at radius 3 is 2.60 bits per heavy atom. The lowest BCUT2D eigenvalue weighted by atomic mass is 10.2. The van der Waals surface area contributed by atoms with Crippen LogP contribution in [0.1, 0.15) is 15.2 Å². The summed E-state index contributed by atoms with van der Waals surface area (Å²) in [6.45, 7) is 0.535. The van der Waals surface area contributed by atoms with Gasteiger partial charge in [-0.15, -0.1) is 11.3 Å². The first-order chi connectivity index (χ1) is 12.0. The van der Waals surface area contributed by atoms with E-state index in [4.69, 9.17) is 23.2 Å². The molecular formula is C17H12Cl2N2O2S2. The van der Waals surface area contributed by atoms with E-state index in [1.807, 2.05) is 18.2 Å². The van der Waals surface area contributed by atoms with Crippen LogP contribution >= 0.6 is 46.3 Å². The first kappa shape index (κ1) is 18.1. The van der Waals surface area contributed by atoms with E-state index in [-0.39, 0.29) is 5.56 Å². The number of nitrogens with one attached hydrogen (secondary N) is 1. The molecule has 0 aliphatic carbocycles. The van der Waals surface area contributed by atoms with Crippen LogP contribution in [0.5, 0.6) is 0 Å². The van der Waals surface area contributed by atoms with Gasteiger partial charge >= 0.3 is 5.97 Å². The Balaban J connectivity index is 1.77. The smallest absolute Gasteiger partial charge is 0.336 e. The standard InChI is InChI=1S/C17H12Cl2N2O2S2/c18-10-1-4-12(5-2-10)24-15-6-3-11(7-14(15)16(22)23)20-8-13-9-21-17(19)25-13/h1-7,9,20H,8H2,(H,22,23). The number of nitrogens with zero attached hydrogens (tertiary/aromatic N) is 1. The van der Waals surface area contributed by atoms with Gasteiger partial charge in [-0.05, 0) is 42.5 Å². The van der Waals surface area contributed by atoms with Gasteiger partial charge in [0.2, 0.25) is 0 Å². The number of benzene rings is 2. The maximum Gasteiger partial charge on any atom is 0.336 e. The average Bonchev–Trinajstić information content (AvgIpc) is 3.01. The second-order valence-electron chi connectivity index (χ2n) is 5.01. The number of aromatic nitrogens is 1. The van der Waals surface area contributed by atoms with E-state index < -0.39 is 5.97 Å². The largest absolute Gasteiger partial charge is 0.478 e. The predicted octanol–water partition coefficient (Wildman–Crippen LogP) is 5.91. The van der Waals surface area contributed by atoms with Gasteiger partial charge in [0.1, 0.15) is 0 Å². The number of halogens is 2. The molecule has 0 saturated carbocycles. The molecule has 0 fully saturated rings. The van der Waals surface area contributed by atoms with Crippen LogP contribution in [0.15, 0.2) is 58.5 Å². The number of carboxylic acid groups (broad SMARTS) is 1. The lowest BCUT2D eigenvalue weighted by molar-refractivity contribution is 0.0693. The Morgan fingerprint density at radius 2 is 1.96 bits per heavy atom. The Kier molecular flexibility index (Phi) is 5.86. The molecule has 0 radical (unpaired) electrons. The van der Waals surface area contributed by atoms with Crippen LogP contribution in [0.4, 0.5) is 5.69 Å². The summed E-state index contributed by atoms with van der Waals surface area (Å²) in [6, 6.07) is 12.6. The molecule has 128 valence electrons. The van der Waals surface area contributed by atoms with Crippen molar-refractivity contribution in [2.75, 3.05) is 5.32 Å². The Bertz CT molecular complexity index is 898. The maximum atomic E-state index is 11.6. The van der Waals surface area contributed by atoms with Crippen molar-refractivity contribution >= 4 is 58.0 Å². The molecule has 3 aromatic rings. The average molecular weight is 411 g/mol. The number of carboxylic acids is 1. The van der Waals surface area contributed by atoms with Crippen molar-refractivity contribution in [1.29, 1.82) is 0 Å². The highest BCUT2D eigenvalue weighted by molar-refractivity contribution is 7.99. The molecule has 0 atom stereocenters. The highest BCUT2D eigenvalue weighted by atomic mass is 35.5. The molecule has 0 saturated heterocycles. The van der Waals surface area contributed by atoms with Crippen molar-refractivity contribution in [2.45, 2.75) is 16.3 Å². The predicted molar refractivity (Wildman–Crippen MR) is 103 cm³/mol. The van der Waals surface area contributed by atoms with E-state index in [0.29, 0.717) is 20.9 Å². The van der Waals surface area contributed by atoms with E-state index in [1.54, 1.807) is 30.5 Å². The van der Waals surface area contributed by atoms with Crippen LogP contribution in [0, 0.1) is 0 Å². The number of hydrogen-bond donors (Lipinski definition) is 2. The number of aromatic carboxylic acids is 1. The molecule has 2 aromatic carbocycles. The topological polar surface area (TPSA) is 62.2 Å². The van der Waals surface area contributed by atoms with E-state index in [2.05, 4.69) is 10.3 Å². The molecule has 3 rings (SSSR count). The second-order valence-corrected chi connectivity index (χ2v) is 8.25. The van der Waals surface area contributed by atoms with Gasteiger partial charge in [0.25, 0.3) is 0 Å². The van der Waals surface area contributed by atoms with Crippen molar-refractivity contribution < 1.29 is 9.90 Å². The molecule has 1 aromatic heterocycles. The van der Waals surface area contributed by atoms with Crippen LogP contribution in [0.2, 0.25) is 9.49 Å². The Hall–Kier alpha value is -1.73. The zero-order valence-corrected chi connectivity index (χ0v) is 15.8. The first-order valence-corrected chi connectivity index (χ1v) is 9.55. The molecule has 0 aliphatic rings. The summed E-state index contributed by atoms with van der Waals surface area (Å²) in [5.74, 6) is -0.971. The molecule has 2 N–H and O–H groups in total. The van der Waals surface area contributed by atoms with E-state index in [0.717, 1.165) is 15.5 Å². The summed E-state index contributed by atoms with van der Waals surface area (Å²) in [5, 5.41) is 13.3. The van der Waals surface area contributed by atoms with Crippen LogP contribution in [0.25, 0.3) is 0 Å². The van der Waals surface area contributed by atoms with Crippen molar-refractivity contribution in [3.63, 3.8) is 0 Å². The van der Waals surface area contributed by atoms with E-state index in [1.165, 1.54) is 23.1 Å². The third kappa shape index (κ3) is 4.89. The van der Waals surface area contributed by atoms with E-state index in [9.17, 15) is 9.90 Å². The minimum absolute atomic E-state index is 0.243. The van der Waals surface area contributed by atoms with Crippen molar-refractivity contribution in [2.24, 2.45) is 0 Å². The lowest BCUT2D eigenvalue weighted by Gasteiger charge is -2.10. The highest BCUT2D eigenvalue weighted by Gasteiger charge is 2.13. The molecule has 0 bridgehead atoms. The molecule has 0 unspecified atom stereocenters. The summed E-state index contributed by atoms with van der Waals surface area (Å²) >= 11 is 14.5.